The fourth-order valence-corrected chi connectivity index (χ4v) is 2.96. The molecule has 0 spiro atoms. The summed E-state index contributed by atoms with van der Waals surface area (Å²) in [7, 11) is 1.72. The van der Waals surface area contributed by atoms with E-state index in [9.17, 15) is 14.0 Å². The Morgan fingerprint density at radius 3 is 2.52 bits per heavy atom. The molecule has 1 aliphatic heterocycles. The maximum atomic E-state index is 13.1. The van der Waals surface area contributed by atoms with E-state index in [0.717, 1.165) is 18.4 Å². The van der Waals surface area contributed by atoms with Gasteiger partial charge in [0.2, 0.25) is 11.8 Å². The third-order valence-electron chi connectivity index (χ3n) is 4.33. The molecule has 3 rings (SSSR count). The molecule has 21 heavy (non-hydrogen) atoms. The summed E-state index contributed by atoms with van der Waals surface area (Å²) >= 11 is 0. The van der Waals surface area contributed by atoms with Crippen LogP contribution in [0.4, 0.5) is 4.39 Å². The molecule has 112 valence electrons. The first-order valence-electron chi connectivity index (χ1n) is 7.38. The molecule has 1 saturated heterocycles. The van der Waals surface area contributed by atoms with E-state index in [1.54, 1.807) is 24.1 Å². The summed E-state index contributed by atoms with van der Waals surface area (Å²) in [6.45, 7) is 0. The van der Waals surface area contributed by atoms with E-state index in [0.29, 0.717) is 18.9 Å². The van der Waals surface area contributed by atoms with E-state index in [1.807, 2.05) is 0 Å². The highest BCUT2D eigenvalue weighted by molar-refractivity contribution is 5.85. The van der Waals surface area contributed by atoms with Gasteiger partial charge in [-0.2, -0.15) is 0 Å². The largest absolute Gasteiger partial charge is 0.353 e. The average Bonchev–Trinajstić information content (AvgIpc) is 3.27. The Morgan fingerprint density at radius 1 is 1.24 bits per heavy atom. The predicted octanol–water partition coefficient (Wildman–Crippen LogP) is 2.01. The Labute approximate surface area is 123 Å². The Hall–Kier alpha value is -1.91. The number of piperidine rings is 1. The summed E-state index contributed by atoms with van der Waals surface area (Å²) < 4.78 is 13.1. The van der Waals surface area contributed by atoms with E-state index in [2.05, 4.69) is 5.32 Å². The predicted molar refractivity (Wildman–Crippen MR) is 75.8 cm³/mol. The van der Waals surface area contributed by atoms with Crippen LogP contribution in [-0.2, 0) is 9.59 Å². The smallest absolute Gasteiger partial charge is 0.225 e. The Morgan fingerprint density at radius 2 is 1.90 bits per heavy atom. The minimum atomic E-state index is -0.317. The van der Waals surface area contributed by atoms with Crippen molar-refractivity contribution in [2.24, 2.45) is 5.92 Å². The summed E-state index contributed by atoms with van der Waals surface area (Å²) in [6, 6.07) is 6.05. The molecule has 2 aliphatic rings. The molecule has 2 amide bonds. The van der Waals surface area contributed by atoms with Crippen molar-refractivity contribution in [1.29, 1.82) is 0 Å². The van der Waals surface area contributed by atoms with Gasteiger partial charge in [0, 0.05) is 19.5 Å². The monoisotopic (exact) mass is 290 g/mol. The number of rotatable bonds is 3. The van der Waals surface area contributed by atoms with Gasteiger partial charge in [-0.1, -0.05) is 12.1 Å². The van der Waals surface area contributed by atoms with Crippen LogP contribution in [0.15, 0.2) is 24.3 Å². The lowest BCUT2D eigenvalue weighted by Crippen LogP contribution is -2.46. The zero-order chi connectivity index (χ0) is 15.0. The van der Waals surface area contributed by atoms with Crippen molar-refractivity contribution >= 4 is 11.8 Å². The van der Waals surface area contributed by atoms with Crippen molar-refractivity contribution in [1.82, 2.24) is 10.2 Å². The summed E-state index contributed by atoms with van der Waals surface area (Å²) in [5.41, 5.74) is 0.808. The van der Waals surface area contributed by atoms with Crippen LogP contribution in [0.3, 0.4) is 0 Å². The average molecular weight is 290 g/mol. The van der Waals surface area contributed by atoms with Crippen LogP contribution in [-0.4, -0.2) is 29.8 Å². The van der Waals surface area contributed by atoms with Crippen molar-refractivity contribution in [3.63, 3.8) is 0 Å². The number of halogens is 1. The van der Waals surface area contributed by atoms with Gasteiger partial charge in [-0.05, 0) is 37.0 Å². The van der Waals surface area contributed by atoms with Crippen molar-refractivity contribution in [2.75, 3.05) is 7.05 Å². The number of benzene rings is 1. The van der Waals surface area contributed by atoms with Gasteiger partial charge < -0.3 is 10.2 Å². The van der Waals surface area contributed by atoms with Gasteiger partial charge in [0.25, 0.3) is 0 Å². The van der Waals surface area contributed by atoms with E-state index in [-0.39, 0.29) is 29.6 Å². The first-order chi connectivity index (χ1) is 10.1. The summed E-state index contributed by atoms with van der Waals surface area (Å²) in [4.78, 5) is 26.0. The Balaban J connectivity index is 1.86. The molecule has 2 atom stereocenters. The molecule has 4 nitrogen and oxygen atoms in total. The van der Waals surface area contributed by atoms with Crippen molar-refractivity contribution < 1.29 is 14.0 Å². The molecule has 0 unspecified atom stereocenters. The molecule has 1 saturated carbocycles. The third kappa shape index (κ3) is 2.91. The lowest BCUT2D eigenvalue weighted by Gasteiger charge is -2.38. The van der Waals surface area contributed by atoms with Gasteiger partial charge in [-0.25, -0.2) is 4.39 Å². The highest BCUT2D eigenvalue weighted by atomic mass is 19.1. The second kappa shape index (κ2) is 5.47. The topological polar surface area (TPSA) is 49.4 Å². The van der Waals surface area contributed by atoms with Gasteiger partial charge >= 0.3 is 0 Å². The normalized spacial score (nSPS) is 25.8. The summed E-state index contributed by atoms with van der Waals surface area (Å²) in [6.07, 6.45) is 3.00. The molecule has 0 aromatic heterocycles. The molecule has 0 bridgehead atoms. The summed E-state index contributed by atoms with van der Waals surface area (Å²) in [5, 5.41) is 3.02. The second-order valence-electron chi connectivity index (χ2n) is 5.93. The maximum absolute atomic E-state index is 13.1. The number of amides is 2. The molecule has 5 heteroatoms. The Kier molecular flexibility index (Phi) is 3.66. The van der Waals surface area contributed by atoms with Gasteiger partial charge in [0.05, 0.1) is 12.0 Å². The van der Waals surface area contributed by atoms with Crippen LogP contribution in [0.5, 0.6) is 0 Å². The van der Waals surface area contributed by atoms with Crippen LogP contribution in [0.1, 0.15) is 37.3 Å². The molecular weight excluding hydrogens is 271 g/mol. The minimum absolute atomic E-state index is 0.00572. The number of nitrogens with zero attached hydrogens (tertiary/aromatic N) is 1. The second-order valence-corrected chi connectivity index (χ2v) is 5.93. The zero-order valence-electron chi connectivity index (χ0n) is 12.0. The molecule has 1 aromatic rings. The third-order valence-corrected chi connectivity index (χ3v) is 4.33. The van der Waals surface area contributed by atoms with Crippen molar-refractivity contribution in [3.05, 3.63) is 35.6 Å². The number of carbonyl (C=O) groups excluding carboxylic acids is 2. The van der Waals surface area contributed by atoms with Crippen molar-refractivity contribution in [3.8, 4) is 0 Å². The lowest BCUT2D eigenvalue weighted by atomic mass is 9.84. The lowest BCUT2D eigenvalue weighted by molar-refractivity contribution is -0.141. The highest BCUT2D eigenvalue weighted by Crippen LogP contribution is 2.36. The molecule has 0 radical (unpaired) electrons. The number of carbonyl (C=O) groups is 2. The van der Waals surface area contributed by atoms with Crippen LogP contribution in [0.25, 0.3) is 0 Å². The van der Waals surface area contributed by atoms with E-state index < -0.39 is 0 Å². The molecular formula is C16H19FN2O2. The first-order valence-corrected chi connectivity index (χ1v) is 7.38. The highest BCUT2D eigenvalue weighted by Gasteiger charge is 2.40. The molecule has 1 N–H and O–H groups in total. The minimum Gasteiger partial charge on any atom is -0.353 e. The molecule has 1 heterocycles. The number of hydrogen-bond donors (Lipinski definition) is 1. The van der Waals surface area contributed by atoms with E-state index >= 15 is 0 Å². The fraction of sp³-hybridized carbons (Fsp3) is 0.500. The van der Waals surface area contributed by atoms with Crippen LogP contribution in [0, 0.1) is 11.7 Å². The van der Waals surface area contributed by atoms with Crippen LogP contribution < -0.4 is 5.32 Å². The van der Waals surface area contributed by atoms with Crippen molar-refractivity contribution in [2.45, 2.75) is 37.8 Å². The standard InChI is InChI=1S/C16H19FN2O2/c1-19-14(20)9-8-13(16(21)18-12-6-7-12)15(19)10-2-4-11(17)5-3-10/h2-5,12-13,15H,6-9H2,1H3,(H,18,21)/t13-,15+/m1/s1. The number of nitrogens with one attached hydrogen (secondary N) is 1. The van der Waals surface area contributed by atoms with E-state index in [4.69, 9.17) is 0 Å². The number of likely N-dealkylation sites (tertiary alicyclic amines) is 1. The molecule has 1 aliphatic carbocycles. The van der Waals surface area contributed by atoms with Crippen LogP contribution >= 0.6 is 0 Å². The molecule has 1 aromatic carbocycles. The summed E-state index contributed by atoms with van der Waals surface area (Å²) in [5.74, 6) is -0.549. The fourth-order valence-electron chi connectivity index (χ4n) is 2.96. The molecule has 2 fully saturated rings. The Bertz CT molecular complexity index is 554. The van der Waals surface area contributed by atoms with Gasteiger partial charge in [-0.15, -0.1) is 0 Å². The first kappa shape index (κ1) is 14.0. The number of hydrogen-bond acceptors (Lipinski definition) is 2. The quantitative estimate of drug-likeness (QED) is 0.926. The maximum Gasteiger partial charge on any atom is 0.225 e. The van der Waals surface area contributed by atoms with Crippen LogP contribution in [0.2, 0.25) is 0 Å². The van der Waals surface area contributed by atoms with Gasteiger partial charge in [0.1, 0.15) is 5.82 Å². The zero-order valence-corrected chi connectivity index (χ0v) is 12.0. The van der Waals surface area contributed by atoms with E-state index in [1.165, 1.54) is 12.1 Å². The van der Waals surface area contributed by atoms with Gasteiger partial charge in [-0.3, -0.25) is 9.59 Å². The van der Waals surface area contributed by atoms with Gasteiger partial charge in [0.15, 0.2) is 0 Å². The SMILES string of the molecule is CN1C(=O)CC[C@@H](C(=O)NC2CC2)[C@@H]1c1ccc(F)cc1.